The van der Waals surface area contributed by atoms with Gasteiger partial charge in [-0.25, -0.2) is 19.3 Å². The Kier molecular flexibility index (Phi) is 7.06. The molecule has 1 unspecified atom stereocenters. The predicted molar refractivity (Wildman–Crippen MR) is 139 cm³/mol. The number of halogens is 1. The number of pyridine rings is 1. The fourth-order valence-electron chi connectivity index (χ4n) is 4.66. The molecule has 0 bridgehead atoms. The summed E-state index contributed by atoms with van der Waals surface area (Å²) in [5.74, 6) is 1.22. The number of hydrogen-bond acceptors (Lipinski definition) is 7. The minimum absolute atomic E-state index is 0.216. The molecule has 3 heterocycles. The van der Waals surface area contributed by atoms with Crippen molar-refractivity contribution in [2.75, 3.05) is 18.4 Å². The zero-order valence-electron chi connectivity index (χ0n) is 20.5. The van der Waals surface area contributed by atoms with Crippen molar-refractivity contribution < 1.29 is 14.2 Å². The molecule has 36 heavy (non-hydrogen) atoms. The molecule has 1 aliphatic rings. The first-order valence-electron chi connectivity index (χ1n) is 12.3. The molecule has 2 atom stereocenters. The van der Waals surface area contributed by atoms with E-state index < -0.39 is 6.10 Å². The normalized spacial score (nSPS) is 16.6. The molecule has 2 aromatic heterocycles. The first kappa shape index (κ1) is 24.1. The van der Waals surface area contributed by atoms with E-state index in [1.165, 1.54) is 6.07 Å². The fourth-order valence-corrected chi connectivity index (χ4v) is 4.66. The number of piperidine rings is 1. The van der Waals surface area contributed by atoms with Crippen molar-refractivity contribution in [2.45, 2.75) is 45.3 Å². The Morgan fingerprint density at radius 3 is 2.81 bits per heavy atom. The molecule has 0 aliphatic carbocycles. The summed E-state index contributed by atoms with van der Waals surface area (Å²) in [6, 6.07) is 12.8. The van der Waals surface area contributed by atoms with Crippen LogP contribution < -0.4 is 15.4 Å². The Labute approximate surface area is 209 Å². The largest absolute Gasteiger partial charge is 0.437 e. The lowest BCUT2D eigenvalue weighted by Crippen LogP contribution is -2.38. The lowest BCUT2D eigenvalue weighted by atomic mass is 9.97. The third-order valence-corrected chi connectivity index (χ3v) is 6.43. The van der Waals surface area contributed by atoms with Crippen molar-refractivity contribution in [3.63, 3.8) is 0 Å². The second-order valence-electron chi connectivity index (χ2n) is 9.30. The number of aliphatic hydroxyl groups excluding tert-OH is 1. The van der Waals surface area contributed by atoms with Crippen LogP contribution >= 0.6 is 0 Å². The zero-order chi connectivity index (χ0) is 25.1. The third-order valence-electron chi connectivity index (χ3n) is 6.43. The molecule has 1 saturated heterocycles. The van der Waals surface area contributed by atoms with Gasteiger partial charge in [-0.05, 0) is 80.1 Å². The van der Waals surface area contributed by atoms with Crippen molar-refractivity contribution in [1.82, 2.24) is 20.3 Å². The van der Waals surface area contributed by atoms with Gasteiger partial charge in [0.1, 0.15) is 11.6 Å². The first-order chi connectivity index (χ1) is 17.5. The molecule has 0 amide bonds. The van der Waals surface area contributed by atoms with Crippen molar-refractivity contribution in [3.05, 3.63) is 71.8 Å². The zero-order valence-corrected chi connectivity index (χ0v) is 20.5. The SMILES string of the molecule is Cc1ccc2c(CC(C)O)c(F)ccc2c1Oc1ncccc1-c1ccnc(N[C@H]2CCCNC2)n1. The predicted octanol–water partition coefficient (Wildman–Crippen LogP) is 5.02. The van der Waals surface area contributed by atoms with E-state index in [2.05, 4.69) is 20.6 Å². The van der Waals surface area contributed by atoms with Crippen molar-refractivity contribution in [1.29, 1.82) is 0 Å². The molecule has 2 aromatic carbocycles. The van der Waals surface area contributed by atoms with Crippen molar-refractivity contribution in [3.8, 4) is 22.9 Å². The number of anilines is 1. The van der Waals surface area contributed by atoms with Crippen LogP contribution in [0.3, 0.4) is 0 Å². The molecule has 186 valence electrons. The van der Waals surface area contributed by atoms with Crippen LogP contribution in [0.5, 0.6) is 11.6 Å². The van der Waals surface area contributed by atoms with Crippen LogP contribution in [0.25, 0.3) is 22.0 Å². The number of aryl methyl sites for hydroxylation is 1. The van der Waals surface area contributed by atoms with E-state index in [9.17, 15) is 9.50 Å². The lowest BCUT2D eigenvalue weighted by Gasteiger charge is -2.23. The van der Waals surface area contributed by atoms with Gasteiger partial charge >= 0.3 is 0 Å². The monoisotopic (exact) mass is 487 g/mol. The first-order valence-corrected chi connectivity index (χ1v) is 12.3. The summed E-state index contributed by atoms with van der Waals surface area (Å²) >= 11 is 0. The molecule has 0 radical (unpaired) electrons. The van der Waals surface area contributed by atoms with Crippen molar-refractivity contribution >= 4 is 16.7 Å². The summed E-state index contributed by atoms with van der Waals surface area (Å²) in [6.07, 6.45) is 5.14. The van der Waals surface area contributed by atoms with Gasteiger partial charge in [-0.3, -0.25) is 0 Å². The Bertz CT molecular complexity index is 1370. The number of aromatic nitrogens is 3. The Hall–Kier alpha value is -3.62. The standard InChI is InChI=1S/C28H30FN5O2/c1-17-7-8-20-21(9-10-24(29)23(20)15-18(2)35)26(17)36-27-22(6-4-13-31-27)25-11-14-32-28(34-25)33-19-5-3-12-30-16-19/h4,6-11,13-14,18-19,30,35H,3,5,12,15-16H2,1-2H3,(H,32,33,34)/t18?,19-/m0/s1. The van der Waals surface area contributed by atoms with Crippen LogP contribution in [0.15, 0.2) is 54.9 Å². The second-order valence-corrected chi connectivity index (χ2v) is 9.30. The molecule has 8 heteroatoms. The van der Waals surface area contributed by atoms with Gasteiger partial charge in [-0.15, -0.1) is 0 Å². The Morgan fingerprint density at radius 1 is 1.14 bits per heavy atom. The van der Waals surface area contributed by atoms with Gasteiger partial charge in [0.25, 0.3) is 0 Å². The number of benzene rings is 2. The van der Waals surface area contributed by atoms with E-state index in [1.807, 2.05) is 37.3 Å². The highest BCUT2D eigenvalue weighted by molar-refractivity contribution is 5.92. The van der Waals surface area contributed by atoms with Gasteiger partial charge in [0, 0.05) is 36.8 Å². The highest BCUT2D eigenvalue weighted by atomic mass is 19.1. The smallest absolute Gasteiger partial charge is 0.228 e. The van der Waals surface area contributed by atoms with E-state index in [0.29, 0.717) is 34.2 Å². The lowest BCUT2D eigenvalue weighted by molar-refractivity contribution is 0.194. The van der Waals surface area contributed by atoms with Crippen molar-refractivity contribution in [2.24, 2.45) is 0 Å². The highest BCUT2D eigenvalue weighted by Crippen LogP contribution is 2.38. The van der Waals surface area contributed by atoms with Gasteiger partial charge in [-0.2, -0.15) is 0 Å². The molecule has 1 fully saturated rings. The molecular formula is C28H30FN5O2. The van der Waals surface area contributed by atoms with E-state index in [-0.39, 0.29) is 18.3 Å². The van der Waals surface area contributed by atoms with E-state index in [0.717, 1.165) is 42.4 Å². The molecule has 4 aromatic rings. The van der Waals surface area contributed by atoms with Crippen LogP contribution in [0.4, 0.5) is 10.3 Å². The molecule has 1 aliphatic heterocycles. The Morgan fingerprint density at radius 2 is 2.00 bits per heavy atom. The van der Waals surface area contributed by atoms with E-state index in [4.69, 9.17) is 9.72 Å². The molecule has 0 saturated carbocycles. The molecule has 5 rings (SSSR count). The van der Waals surface area contributed by atoms with Gasteiger partial charge in [-0.1, -0.05) is 12.1 Å². The summed E-state index contributed by atoms with van der Waals surface area (Å²) in [6.45, 7) is 5.52. The minimum atomic E-state index is -0.664. The third kappa shape index (κ3) is 5.15. The molecule has 0 spiro atoms. The molecule has 3 N–H and O–H groups in total. The average molecular weight is 488 g/mol. The molecule has 7 nitrogen and oxygen atoms in total. The maximum Gasteiger partial charge on any atom is 0.228 e. The van der Waals surface area contributed by atoms with Crippen LogP contribution in [0.1, 0.15) is 30.9 Å². The van der Waals surface area contributed by atoms with Crippen LogP contribution in [0.2, 0.25) is 0 Å². The summed E-state index contributed by atoms with van der Waals surface area (Å²) in [4.78, 5) is 13.6. The van der Waals surface area contributed by atoms with Crippen LogP contribution in [0, 0.1) is 12.7 Å². The second kappa shape index (κ2) is 10.6. The quantitative estimate of drug-likeness (QED) is 0.337. The van der Waals surface area contributed by atoms with Crippen LogP contribution in [-0.2, 0) is 6.42 Å². The minimum Gasteiger partial charge on any atom is -0.437 e. The van der Waals surface area contributed by atoms with Gasteiger partial charge in [0.2, 0.25) is 11.8 Å². The van der Waals surface area contributed by atoms with E-state index in [1.54, 1.807) is 25.4 Å². The number of nitrogens with one attached hydrogen (secondary N) is 2. The fraction of sp³-hybridized carbons (Fsp3) is 0.321. The van der Waals surface area contributed by atoms with Gasteiger partial charge in [0.05, 0.1) is 17.4 Å². The number of fused-ring (bicyclic) bond motifs is 1. The topological polar surface area (TPSA) is 92.2 Å². The summed E-state index contributed by atoms with van der Waals surface area (Å²) in [5.41, 5.74) is 2.78. The van der Waals surface area contributed by atoms with Gasteiger partial charge in [0.15, 0.2) is 0 Å². The van der Waals surface area contributed by atoms with E-state index >= 15 is 0 Å². The number of ether oxygens (including phenoxy) is 1. The van der Waals surface area contributed by atoms with Gasteiger partial charge < -0.3 is 20.5 Å². The molecular weight excluding hydrogens is 457 g/mol. The number of nitrogens with zero attached hydrogens (tertiary/aromatic N) is 3. The number of hydrogen-bond donors (Lipinski definition) is 3. The summed E-state index contributed by atoms with van der Waals surface area (Å²) in [5, 5.41) is 18.2. The number of rotatable bonds is 7. The summed E-state index contributed by atoms with van der Waals surface area (Å²) < 4.78 is 21.1. The Balaban J connectivity index is 1.51. The number of aliphatic hydroxyl groups is 1. The van der Waals surface area contributed by atoms with Crippen LogP contribution in [-0.4, -0.2) is 45.3 Å². The summed E-state index contributed by atoms with van der Waals surface area (Å²) in [7, 11) is 0. The maximum absolute atomic E-state index is 14.6. The highest BCUT2D eigenvalue weighted by Gasteiger charge is 2.18. The average Bonchev–Trinajstić information content (AvgIpc) is 2.88. The maximum atomic E-state index is 14.6.